The highest BCUT2D eigenvalue weighted by Crippen LogP contribution is 2.51. The van der Waals surface area contributed by atoms with Gasteiger partial charge in [-0.05, 0) is 54.8 Å². The molecule has 0 radical (unpaired) electrons. The quantitative estimate of drug-likeness (QED) is 0.627. The lowest BCUT2D eigenvalue weighted by Crippen LogP contribution is -2.28. The molecule has 1 aliphatic heterocycles. The van der Waals surface area contributed by atoms with Crippen LogP contribution in [0.15, 0.2) is 65.6 Å². The SMILES string of the molecule is NS(=O)(=O)c1ccc(-c2cccc(NC(=O)C3(c4ccc5c(c4)OCO5)CC3)n2)cc1.[HH].[HH]. The van der Waals surface area contributed by atoms with E-state index in [9.17, 15) is 13.2 Å². The molecule has 1 saturated carbocycles. The third-order valence-electron chi connectivity index (χ3n) is 5.58. The summed E-state index contributed by atoms with van der Waals surface area (Å²) in [4.78, 5) is 17.6. The molecule has 0 spiro atoms. The Kier molecular flexibility index (Phi) is 4.45. The summed E-state index contributed by atoms with van der Waals surface area (Å²) in [5, 5.41) is 8.06. The number of ether oxygens (including phenoxy) is 2. The lowest BCUT2D eigenvalue weighted by molar-refractivity contribution is -0.118. The molecule has 1 aromatic heterocycles. The fourth-order valence-corrected chi connectivity index (χ4v) is 4.20. The van der Waals surface area contributed by atoms with Crippen LogP contribution in [0.5, 0.6) is 11.5 Å². The van der Waals surface area contributed by atoms with Crippen molar-refractivity contribution in [3.8, 4) is 22.8 Å². The van der Waals surface area contributed by atoms with Gasteiger partial charge in [0.25, 0.3) is 0 Å². The Labute approximate surface area is 182 Å². The summed E-state index contributed by atoms with van der Waals surface area (Å²) in [5.41, 5.74) is 1.60. The van der Waals surface area contributed by atoms with E-state index in [1.54, 1.807) is 30.3 Å². The third kappa shape index (κ3) is 3.62. The Balaban J connectivity index is 0.00000153. The van der Waals surface area contributed by atoms with Crippen molar-refractivity contribution in [2.45, 2.75) is 23.2 Å². The zero-order chi connectivity index (χ0) is 21.6. The first-order chi connectivity index (χ1) is 14.8. The number of pyridine rings is 1. The number of carbonyl (C=O) groups excluding carboxylic acids is 1. The molecule has 1 fully saturated rings. The van der Waals surface area contributed by atoms with Crippen LogP contribution >= 0.6 is 0 Å². The van der Waals surface area contributed by atoms with E-state index in [0.717, 1.165) is 18.4 Å². The first-order valence-electron chi connectivity index (χ1n) is 9.67. The smallest absolute Gasteiger partial charge is 0.238 e. The van der Waals surface area contributed by atoms with Crippen molar-refractivity contribution in [2.75, 3.05) is 12.1 Å². The Morgan fingerprint density at radius 1 is 1.03 bits per heavy atom. The number of primary sulfonamides is 1. The van der Waals surface area contributed by atoms with Crippen molar-refractivity contribution in [3.63, 3.8) is 0 Å². The molecule has 5 rings (SSSR count). The minimum Gasteiger partial charge on any atom is -0.454 e. The molecule has 1 aliphatic carbocycles. The maximum Gasteiger partial charge on any atom is 0.238 e. The molecule has 2 heterocycles. The summed E-state index contributed by atoms with van der Waals surface area (Å²) >= 11 is 0. The number of benzene rings is 2. The normalized spacial score (nSPS) is 16.0. The average molecular weight is 442 g/mol. The topological polar surface area (TPSA) is 121 Å². The molecule has 162 valence electrons. The number of nitrogens with zero attached hydrogens (tertiary/aromatic N) is 1. The second kappa shape index (κ2) is 7.07. The number of carbonyl (C=O) groups is 1. The standard InChI is InChI=1S/C22H19N3O5S.2H2/c23-31(27,28)16-7-4-14(5-8-16)17-2-1-3-20(24-17)25-21(26)22(10-11-22)15-6-9-18-19(12-15)30-13-29-18;;/h1-9,12H,10-11,13H2,(H2,23,27,28)(H,24,25,26);2*1H. The second-order valence-electron chi connectivity index (χ2n) is 7.58. The number of anilines is 1. The summed E-state index contributed by atoms with van der Waals surface area (Å²) in [6, 6.07) is 17.0. The summed E-state index contributed by atoms with van der Waals surface area (Å²) < 4.78 is 33.7. The Morgan fingerprint density at radius 2 is 1.77 bits per heavy atom. The van der Waals surface area contributed by atoms with E-state index in [1.807, 2.05) is 18.2 Å². The highest BCUT2D eigenvalue weighted by atomic mass is 32.2. The van der Waals surface area contributed by atoms with Gasteiger partial charge in [0.1, 0.15) is 5.82 Å². The molecule has 9 heteroatoms. The maximum atomic E-state index is 13.1. The van der Waals surface area contributed by atoms with Gasteiger partial charge in [-0.3, -0.25) is 4.79 Å². The zero-order valence-corrected chi connectivity index (χ0v) is 17.2. The molecule has 2 aromatic carbocycles. The van der Waals surface area contributed by atoms with Crippen molar-refractivity contribution in [2.24, 2.45) is 5.14 Å². The number of nitrogens with one attached hydrogen (secondary N) is 1. The van der Waals surface area contributed by atoms with Gasteiger partial charge in [0, 0.05) is 8.42 Å². The van der Waals surface area contributed by atoms with E-state index in [2.05, 4.69) is 10.3 Å². The molecule has 2 aliphatic rings. The highest BCUT2D eigenvalue weighted by molar-refractivity contribution is 7.89. The van der Waals surface area contributed by atoms with Crippen LogP contribution < -0.4 is 19.9 Å². The van der Waals surface area contributed by atoms with Gasteiger partial charge in [-0.2, -0.15) is 0 Å². The summed E-state index contributed by atoms with van der Waals surface area (Å²) in [6.07, 6.45) is 1.49. The monoisotopic (exact) mass is 441 g/mol. The van der Waals surface area contributed by atoms with Crippen LogP contribution in [-0.4, -0.2) is 26.1 Å². The average Bonchev–Trinajstić information content (AvgIpc) is 3.44. The van der Waals surface area contributed by atoms with Crippen molar-refractivity contribution in [1.82, 2.24) is 4.98 Å². The molecule has 8 nitrogen and oxygen atoms in total. The van der Waals surface area contributed by atoms with E-state index in [0.29, 0.717) is 28.6 Å². The molecule has 31 heavy (non-hydrogen) atoms. The molecule has 1 amide bonds. The summed E-state index contributed by atoms with van der Waals surface area (Å²) in [5.74, 6) is 1.63. The number of fused-ring (bicyclic) bond motifs is 1. The second-order valence-corrected chi connectivity index (χ2v) is 9.14. The van der Waals surface area contributed by atoms with E-state index < -0.39 is 15.4 Å². The molecule has 3 aromatic rings. The fourth-order valence-electron chi connectivity index (χ4n) is 3.68. The Morgan fingerprint density at radius 3 is 2.48 bits per heavy atom. The van der Waals surface area contributed by atoms with Crippen LogP contribution in [-0.2, 0) is 20.2 Å². The van der Waals surface area contributed by atoms with Gasteiger partial charge in [-0.15, -0.1) is 0 Å². The number of sulfonamides is 1. The number of amides is 1. The van der Waals surface area contributed by atoms with Crippen LogP contribution in [0.2, 0.25) is 0 Å². The van der Waals surface area contributed by atoms with Crippen molar-refractivity contribution in [1.29, 1.82) is 0 Å². The number of hydrogen-bond donors (Lipinski definition) is 2. The van der Waals surface area contributed by atoms with Gasteiger partial charge in [0.15, 0.2) is 11.5 Å². The largest absolute Gasteiger partial charge is 0.454 e. The van der Waals surface area contributed by atoms with Crippen LogP contribution in [0.25, 0.3) is 11.3 Å². The highest BCUT2D eigenvalue weighted by Gasteiger charge is 2.51. The Hall–Kier alpha value is -3.43. The third-order valence-corrected chi connectivity index (χ3v) is 6.51. The molecule has 3 N–H and O–H groups in total. The number of hydrogen-bond acceptors (Lipinski definition) is 6. The molecule has 0 bridgehead atoms. The van der Waals surface area contributed by atoms with Crippen LogP contribution in [0.4, 0.5) is 5.82 Å². The lowest BCUT2D eigenvalue weighted by atomic mass is 9.94. The van der Waals surface area contributed by atoms with Crippen molar-refractivity contribution >= 4 is 21.7 Å². The molecule has 0 unspecified atom stereocenters. The summed E-state index contributed by atoms with van der Waals surface area (Å²) in [6.45, 7) is 0.187. The number of aromatic nitrogens is 1. The first kappa shape index (κ1) is 19.5. The predicted molar refractivity (Wildman–Crippen MR) is 117 cm³/mol. The minimum atomic E-state index is -3.76. The minimum absolute atomic E-state index is 0. The van der Waals surface area contributed by atoms with Gasteiger partial charge < -0.3 is 14.8 Å². The fraction of sp³-hybridized carbons (Fsp3) is 0.182. The van der Waals surface area contributed by atoms with Gasteiger partial charge >= 0.3 is 0 Å². The first-order valence-corrected chi connectivity index (χ1v) is 11.2. The van der Waals surface area contributed by atoms with Gasteiger partial charge in [-0.1, -0.05) is 24.3 Å². The predicted octanol–water partition coefficient (Wildman–Crippen LogP) is 3.29. The van der Waals surface area contributed by atoms with Crippen molar-refractivity contribution < 1.29 is 25.5 Å². The summed E-state index contributed by atoms with van der Waals surface area (Å²) in [7, 11) is -3.76. The van der Waals surface area contributed by atoms with E-state index >= 15 is 0 Å². The van der Waals surface area contributed by atoms with Crippen LogP contribution in [0, 0.1) is 0 Å². The van der Waals surface area contributed by atoms with Gasteiger partial charge in [-0.25, -0.2) is 18.5 Å². The maximum absolute atomic E-state index is 13.1. The Bertz CT molecular complexity index is 1300. The number of rotatable bonds is 5. The van der Waals surface area contributed by atoms with E-state index in [-0.39, 0.29) is 20.4 Å². The van der Waals surface area contributed by atoms with Gasteiger partial charge in [0.2, 0.25) is 22.7 Å². The van der Waals surface area contributed by atoms with Crippen LogP contribution in [0.3, 0.4) is 0 Å². The van der Waals surface area contributed by atoms with E-state index in [1.165, 1.54) is 12.1 Å². The lowest BCUT2D eigenvalue weighted by Gasteiger charge is -2.16. The van der Waals surface area contributed by atoms with Crippen molar-refractivity contribution in [3.05, 3.63) is 66.2 Å². The van der Waals surface area contributed by atoms with Crippen LogP contribution in [0.1, 0.15) is 21.3 Å². The number of nitrogens with two attached hydrogens (primary N) is 1. The molecule has 0 saturated heterocycles. The molecule has 0 atom stereocenters. The van der Waals surface area contributed by atoms with Gasteiger partial charge in [0.05, 0.1) is 16.0 Å². The molecular formula is C22H23N3O5S. The molecular weight excluding hydrogens is 418 g/mol. The zero-order valence-electron chi connectivity index (χ0n) is 16.4. The van der Waals surface area contributed by atoms with E-state index in [4.69, 9.17) is 14.6 Å².